The van der Waals surface area contributed by atoms with Crippen LogP contribution in [0.25, 0.3) is 0 Å². The van der Waals surface area contributed by atoms with Crippen molar-refractivity contribution in [3.63, 3.8) is 0 Å². The average Bonchev–Trinajstić information content (AvgIpc) is 2.70. The molecule has 7 nitrogen and oxygen atoms in total. The summed E-state index contributed by atoms with van der Waals surface area (Å²) in [4.78, 5) is 26.5. The Balaban J connectivity index is 1.74. The fourth-order valence-corrected chi connectivity index (χ4v) is 2.78. The third-order valence-corrected chi connectivity index (χ3v) is 4.38. The third kappa shape index (κ3) is 8.66. The minimum atomic E-state index is -0.317. The van der Waals surface area contributed by atoms with Gasteiger partial charge in [0.25, 0.3) is 5.91 Å². The standard InChI is InChI=1S/C22H31N5O2/c1-27(2)14-5-3-4-13-24-21(28)18-8-6-7-17(15-18)16-25-22(29)26-20-11-9-19(23)10-12-20/h6-12,15H,3-5,13-14,16,23H2,1-2H3,(H,24,28)(H2,25,26,29). The number of hydrogen-bond acceptors (Lipinski definition) is 4. The van der Waals surface area contributed by atoms with Gasteiger partial charge < -0.3 is 26.6 Å². The van der Waals surface area contributed by atoms with Gasteiger partial charge in [-0.2, -0.15) is 0 Å². The van der Waals surface area contributed by atoms with Gasteiger partial charge in [0, 0.05) is 30.0 Å². The van der Waals surface area contributed by atoms with Crippen LogP contribution in [0.3, 0.4) is 0 Å². The van der Waals surface area contributed by atoms with E-state index >= 15 is 0 Å². The van der Waals surface area contributed by atoms with Crippen LogP contribution in [0.4, 0.5) is 16.2 Å². The predicted molar refractivity (Wildman–Crippen MR) is 118 cm³/mol. The molecule has 156 valence electrons. The van der Waals surface area contributed by atoms with E-state index in [1.807, 2.05) is 12.1 Å². The van der Waals surface area contributed by atoms with Crippen molar-refractivity contribution in [3.8, 4) is 0 Å². The van der Waals surface area contributed by atoms with E-state index in [-0.39, 0.29) is 11.9 Å². The summed E-state index contributed by atoms with van der Waals surface area (Å²) in [7, 11) is 4.12. The van der Waals surface area contributed by atoms with E-state index in [1.54, 1.807) is 36.4 Å². The molecule has 0 aliphatic heterocycles. The largest absolute Gasteiger partial charge is 0.399 e. The van der Waals surface area contributed by atoms with Crippen LogP contribution < -0.4 is 21.7 Å². The monoisotopic (exact) mass is 397 g/mol. The molecule has 0 aromatic heterocycles. The first-order chi connectivity index (χ1) is 13.9. The van der Waals surface area contributed by atoms with Crippen LogP contribution in [0.1, 0.15) is 35.2 Å². The fourth-order valence-electron chi connectivity index (χ4n) is 2.78. The molecule has 3 amide bonds. The van der Waals surface area contributed by atoms with Crippen molar-refractivity contribution >= 4 is 23.3 Å². The summed E-state index contributed by atoms with van der Waals surface area (Å²) in [5.41, 5.74) is 8.38. The Morgan fingerprint density at radius 1 is 0.966 bits per heavy atom. The highest BCUT2D eigenvalue weighted by molar-refractivity contribution is 5.94. The number of hydrogen-bond donors (Lipinski definition) is 4. The number of urea groups is 1. The average molecular weight is 398 g/mol. The molecular weight excluding hydrogens is 366 g/mol. The van der Waals surface area contributed by atoms with E-state index in [4.69, 9.17) is 5.73 Å². The normalized spacial score (nSPS) is 10.6. The molecule has 29 heavy (non-hydrogen) atoms. The topological polar surface area (TPSA) is 99.5 Å². The summed E-state index contributed by atoms with van der Waals surface area (Å²) in [6.45, 7) is 2.06. The van der Waals surface area contributed by atoms with Gasteiger partial charge in [-0.3, -0.25) is 4.79 Å². The summed E-state index contributed by atoms with van der Waals surface area (Å²) < 4.78 is 0. The summed E-state index contributed by atoms with van der Waals surface area (Å²) >= 11 is 0. The highest BCUT2D eigenvalue weighted by Gasteiger charge is 2.07. The molecule has 0 atom stereocenters. The number of nitrogens with two attached hydrogens (primary N) is 1. The van der Waals surface area contributed by atoms with Crippen LogP contribution in [0.15, 0.2) is 48.5 Å². The van der Waals surface area contributed by atoms with E-state index in [9.17, 15) is 9.59 Å². The molecule has 0 fully saturated rings. The van der Waals surface area contributed by atoms with Crippen molar-refractivity contribution in [2.45, 2.75) is 25.8 Å². The van der Waals surface area contributed by atoms with Crippen molar-refractivity contribution in [2.24, 2.45) is 0 Å². The highest BCUT2D eigenvalue weighted by Crippen LogP contribution is 2.10. The minimum Gasteiger partial charge on any atom is -0.399 e. The Morgan fingerprint density at radius 3 is 2.45 bits per heavy atom. The number of carbonyl (C=O) groups is 2. The molecule has 0 bridgehead atoms. The molecule has 0 heterocycles. The van der Waals surface area contributed by atoms with E-state index in [0.29, 0.717) is 30.0 Å². The second kappa shape index (κ2) is 11.7. The van der Waals surface area contributed by atoms with Gasteiger partial charge in [0.15, 0.2) is 0 Å². The zero-order valence-electron chi connectivity index (χ0n) is 17.2. The van der Waals surface area contributed by atoms with Crippen LogP contribution in [0.2, 0.25) is 0 Å². The number of rotatable bonds is 10. The quantitative estimate of drug-likeness (QED) is 0.366. The number of nitrogens with one attached hydrogen (secondary N) is 3. The first kappa shape index (κ1) is 22.2. The first-order valence-electron chi connectivity index (χ1n) is 9.86. The van der Waals surface area contributed by atoms with Crippen LogP contribution in [0, 0.1) is 0 Å². The van der Waals surface area contributed by atoms with Crippen molar-refractivity contribution in [1.82, 2.24) is 15.5 Å². The van der Waals surface area contributed by atoms with Gasteiger partial charge in [0.1, 0.15) is 0 Å². The van der Waals surface area contributed by atoms with Crippen LogP contribution in [-0.2, 0) is 6.54 Å². The van der Waals surface area contributed by atoms with Crippen LogP contribution in [0.5, 0.6) is 0 Å². The van der Waals surface area contributed by atoms with Gasteiger partial charge in [0.05, 0.1) is 0 Å². The first-order valence-corrected chi connectivity index (χ1v) is 9.86. The SMILES string of the molecule is CN(C)CCCCCNC(=O)c1cccc(CNC(=O)Nc2ccc(N)cc2)c1. The molecule has 0 unspecified atom stereocenters. The lowest BCUT2D eigenvalue weighted by atomic mass is 10.1. The van der Waals surface area contributed by atoms with E-state index in [2.05, 4.69) is 34.9 Å². The molecule has 0 radical (unpaired) electrons. The summed E-state index contributed by atoms with van der Waals surface area (Å²) in [5, 5.41) is 8.48. The highest BCUT2D eigenvalue weighted by atomic mass is 16.2. The van der Waals surface area contributed by atoms with Crippen molar-refractivity contribution in [3.05, 3.63) is 59.7 Å². The molecule has 0 saturated heterocycles. The lowest BCUT2D eigenvalue weighted by molar-refractivity contribution is 0.0952. The van der Waals surface area contributed by atoms with Crippen molar-refractivity contribution in [1.29, 1.82) is 0 Å². The molecule has 2 aromatic carbocycles. The van der Waals surface area contributed by atoms with Gasteiger partial charge in [-0.05, 0) is 75.4 Å². The van der Waals surface area contributed by atoms with Crippen LogP contribution in [-0.4, -0.2) is 44.0 Å². The Kier molecular flexibility index (Phi) is 8.98. The molecule has 2 rings (SSSR count). The number of benzene rings is 2. The number of nitrogen functional groups attached to an aromatic ring is 1. The third-order valence-electron chi connectivity index (χ3n) is 4.38. The predicted octanol–water partition coefficient (Wildman–Crippen LogP) is 3.05. The van der Waals surface area contributed by atoms with E-state index < -0.39 is 0 Å². The second-order valence-electron chi connectivity index (χ2n) is 7.25. The number of nitrogens with zero attached hydrogens (tertiary/aromatic N) is 1. The molecular formula is C22H31N5O2. The van der Waals surface area contributed by atoms with E-state index in [1.165, 1.54) is 0 Å². The zero-order valence-corrected chi connectivity index (χ0v) is 17.2. The maximum Gasteiger partial charge on any atom is 0.319 e. The maximum atomic E-state index is 12.3. The molecule has 0 saturated carbocycles. The van der Waals surface area contributed by atoms with E-state index in [0.717, 1.165) is 31.4 Å². The lowest BCUT2D eigenvalue weighted by Crippen LogP contribution is -2.28. The van der Waals surface area contributed by atoms with Crippen molar-refractivity contribution in [2.75, 3.05) is 38.2 Å². The summed E-state index contributed by atoms with van der Waals surface area (Å²) in [6, 6.07) is 13.9. The zero-order chi connectivity index (χ0) is 21.1. The molecule has 0 spiro atoms. The van der Waals surface area contributed by atoms with Crippen LogP contribution >= 0.6 is 0 Å². The molecule has 0 aliphatic carbocycles. The summed E-state index contributed by atoms with van der Waals surface area (Å²) in [5.74, 6) is -0.0919. The fraction of sp³-hybridized carbons (Fsp3) is 0.364. The molecule has 2 aromatic rings. The molecule has 5 N–H and O–H groups in total. The Labute approximate surface area is 172 Å². The molecule has 0 aliphatic rings. The summed E-state index contributed by atoms with van der Waals surface area (Å²) in [6.07, 6.45) is 3.18. The number of carbonyl (C=O) groups excluding carboxylic acids is 2. The lowest BCUT2D eigenvalue weighted by Gasteiger charge is -2.10. The molecule has 7 heteroatoms. The maximum absolute atomic E-state index is 12.3. The number of anilines is 2. The van der Waals surface area contributed by atoms with Gasteiger partial charge in [0.2, 0.25) is 0 Å². The smallest absolute Gasteiger partial charge is 0.319 e. The Bertz CT molecular complexity index is 790. The minimum absolute atomic E-state index is 0.0919. The van der Waals surface area contributed by atoms with Crippen molar-refractivity contribution < 1.29 is 9.59 Å². The van der Waals surface area contributed by atoms with Gasteiger partial charge in [-0.1, -0.05) is 18.6 Å². The van der Waals surface area contributed by atoms with Gasteiger partial charge in [-0.25, -0.2) is 4.79 Å². The Hall–Kier alpha value is -3.06. The van der Waals surface area contributed by atoms with Gasteiger partial charge >= 0.3 is 6.03 Å². The van der Waals surface area contributed by atoms with Gasteiger partial charge in [-0.15, -0.1) is 0 Å². The second-order valence-corrected chi connectivity index (χ2v) is 7.25. The number of unbranched alkanes of at least 4 members (excludes halogenated alkanes) is 2. The number of amides is 3. The Morgan fingerprint density at radius 2 is 1.72 bits per heavy atom.